The molecular formula is C26H30FN3O2. The van der Waals surface area contributed by atoms with Gasteiger partial charge in [-0.1, -0.05) is 30.3 Å². The zero-order chi connectivity index (χ0) is 22.8. The number of hydrogen-bond acceptors (Lipinski definition) is 3. The van der Waals surface area contributed by atoms with E-state index in [2.05, 4.69) is 10.2 Å². The third-order valence-electron chi connectivity index (χ3n) is 6.47. The summed E-state index contributed by atoms with van der Waals surface area (Å²) >= 11 is 0. The quantitative estimate of drug-likeness (QED) is 0.747. The third-order valence-corrected chi connectivity index (χ3v) is 6.47. The molecule has 0 aliphatic carbocycles. The van der Waals surface area contributed by atoms with E-state index in [1.165, 1.54) is 24.6 Å². The number of hydrogen-bond donors (Lipinski definition) is 1. The molecule has 0 bridgehead atoms. The average Bonchev–Trinajstić information content (AvgIpc) is 3.29. The van der Waals surface area contributed by atoms with Gasteiger partial charge >= 0.3 is 0 Å². The number of carbonyl (C=O) groups excluding carboxylic acids is 2. The molecule has 2 aliphatic rings. The van der Waals surface area contributed by atoms with Crippen LogP contribution in [-0.4, -0.2) is 47.8 Å². The van der Waals surface area contributed by atoms with Crippen molar-refractivity contribution >= 4 is 11.8 Å². The van der Waals surface area contributed by atoms with Gasteiger partial charge in [0.2, 0.25) is 5.91 Å². The van der Waals surface area contributed by atoms with E-state index >= 15 is 0 Å². The van der Waals surface area contributed by atoms with Crippen molar-refractivity contribution in [2.45, 2.75) is 33.2 Å². The molecule has 2 amide bonds. The van der Waals surface area contributed by atoms with Crippen molar-refractivity contribution in [1.82, 2.24) is 15.1 Å². The van der Waals surface area contributed by atoms with Crippen LogP contribution < -0.4 is 5.32 Å². The fourth-order valence-electron chi connectivity index (χ4n) is 4.90. The summed E-state index contributed by atoms with van der Waals surface area (Å²) in [6.45, 7) is 8.65. The van der Waals surface area contributed by atoms with Gasteiger partial charge < -0.3 is 10.2 Å². The second-order valence-electron chi connectivity index (χ2n) is 8.96. The molecule has 5 nitrogen and oxygen atoms in total. The maximum atomic E-state index is 13.7. The number of fused-ring (bicyclic) bond motifs is 1. The predicted octanol–water partition coefficient (Wildman–Crippen LogP) is 3.98. The van der Waals surface area contributed by atoms with Crippen LogP contribution in [0.4, 0.5) is 4.39 Å². The van der Waals surface area contributed by atoms with Gasteiger partial charge in [-0.2, -0.15) is 0 Å². The van der Waals surface area contributed by atoms with Crippen LogP contribution in [0.5, 0.6) is 0 Å². The summed E-state index contributed by atoms with van der Waals surface area (Å²) in [7, 11) is 0. The van der Waals surface area contributed by atoms with Crippen molar-refractivity contribution in [3.63, 3.8) is 0 Å². The SMILES string of the molecule is CC(=O)N[C@@H](CCN1CC2=CN(C(=O)c3c(C)cccc3C)CC2C1)c1cccc(F)c1. The Morgan fingerprint density at radius 1 is 1.12 bits per heavy atom. The molecule has 2 heterocycles. The Bertz CT molecular complexity index is 1040. The fraction of sp³-hybridized carbons (Fsp3) is 0.385. The molecule has 2 aliphatic heterocycles. The molecule has 0 spiro atoms. The minimum atomic E-state index is -0.299. The number of nitrogens with one attached hydrogen (secondary N) is 1. The van der Waals surface area contributed by atoms with E-state index in [1.807, 2.05) is 49.2 Å². The summed E-state index contributed by atoms with van der Waals surface area (Å²) < 4.78 is 13.7. The average molecular weight is 436 g/mol. The maximum absolute atomic E-state index is 13.7. The Morgan fingerprint density at radius 3 is 2.50 bits per heavy atom. The predicted molar refractivity (Wildman–Crippen MR) is 123 cm³/mol. The Balaban J connectivity index is 1.39. The summed E-state index contributed by atoms with van der Waals surface area (Å²) in [5, 5.41) is 2.95. The molecule has 1 fully saturated rings. The summed E-state index contributed by atoms with van der Waals surface area (Å²) in [4.78, 5) is 29.0. The number of benzene rings is 2. The number of likely N-dealkylation sites (tertiary alicyclic amines) is 1. The fourth-order valence-corrected chi connectivity index (χ4v) is 4.90. The molecule has 0 radical (unpaired) electrons. The number of nitrogens with zero attached hydrogens (tertiary/aromatic N) is 2. The second kappa shape index (κ2) is 9.25. The van der Waals surface area contributed by atoms with Crippen molar-refractivity contribution in [1.29, 1.82) is 0 Å². The van der Waals surface area contributed by atoms with E-state index in [0.717, 1.165) is 41.9 Å². The van der Waals surface area contributed by atoms with Crippen molar-refractivity contribution in [2.75, 3.05) is 26.2 Å². The van der Waals surface area contributed by atoms with Crippen LogP contribution in [0.3, 0.4) is 0 Å². The van der Waals surface area contributed by atoms with Gasteiger partial charge in [0.15, 0.2) is 0 Å². The standard InChI is InChI=1S/C26H30FN3O2/c1-17-6-4-7-18(2)25(17)26(32)30-15-21-13-29(14-22(21)16-30)11-10-24(28-19(3)31)20-8-5-9-23(27)12-20/h4-9,12,15,22,24H,10-11,13-14,16H2,1-3H3,(H,28,31)/t22?,24-/m0/s1. The van der Waals surface area contributed by atoms with Crippen molar-refractivity contribution in [3.05, 3.63) is 82.3 Å². The van der Waals surface area contributed by atoms with Crippen LogP contribution in [0, 0.1) is 25.6 Å². The number of rotatable bonds is 6. The highest BCUT2D eigenvalue weighted by molar-refractivity contribution is 5.98. The molecule has 168 valence electrons. The maximum Gasteiger partial charge on any atom is 0.258 e. The Hall–Kier alpha value is -2.99. The molecule has 4 rings (SSSR count). The number of halogens is 1. The van der Waals surface area contributed by atoms with E-state index in [0.29, 0.717) is 18.9 Å². The van der Waals surface area contributed by atoms with Crippen LogP contribution in [-0.2, 0) is 4.79 Å². The minimum absolute atomic E-state index is 0.0749. The minimum Gasteiger partial charge on any atom is -0.349 e. The van der Waals surface area contributed by atoms with Crippen LogP contribution in [0.15, 0.2) is 54.2 Å². The Labute approximate surface area is 188 Å². The third kappa shape index (κ3) is 4.75. The first-order valence-corrected chi connectivity index (χ1v) is 11.1. The van der Waals surface area contributed by atoms with Crippen molar-refractivity contribution in [2.24, 2.45) is 5.92 Å². The second-order valence-corrected chi connectivity index (χ2v) is 8.96. The van der Waals surface area contributed by atoms with Crippen LogP contribution >= 0.6 is 0 Å². The molecule has 2 aromatic rings. The lowest BCUT2D eigenvalue weighted by atomic mass is 10.0. The van der Waals surface area contributed by atoms with Crippen molar-refractivity contribution < 1.29 is 14.0 Å². The molecule has 1 saturated heterocycles. The molecule has 1 N–H and O–H groups in total. The van der Waals surface area contributed by atoms with Gasteiger partial charge in [-0.3, -0.25) is 14.5 Å². The highest BCUT2D eigenvalue weighted by atomic mass is 19.1. The molecule has 0 saturated carbocycles. The summed E-state index contributed by atoms with van der Waals surface area (Å²) in [5.41, 5.74) is 4.88. The zero-order valence-corrected chi connectivity index (χ0v) is 18.9. The molecule has 6 heteroatoms. The first-order valence-electron chi connectivity index (χ1n) is 11.1. The summed E-state index contributed by atoms with van der Waals surface area (Å²) in [6.07, 6.45) is 2.73. The lowest BCUT2D eigenvalue weighted by Crippen LogP contribution is -2.33. The van der Waals surface area contributed by atoms with Gasteiger partial charge in [-0.25, -0.2) is 4.39 Å². The van der Waals surface area contributed by atoms with Crippen LogP contribution in [0.1, 0.15) is 46.4 Å². The number of aryl methyl sites for hydroxylation is 2. The molecular weight excluding hydrogens is 405 g/mol. The van der Waals surface area contributed by atoms with Crippen LogP contribution in [0.2, 0.25) is 0 Å². The van der Waals surface area contributed by atoms with E-state index in [1.54, 1.807) is 6.07 Å². The summed E-state index contributed by atoms with van der Waals surface area (Å²) in [6, 6.07) is 12.1. The van der Waals surface area contributed by atoms with Gasteiger partial charge in [0, 0.05) is 50.8 Å². The van der Waals surface area contributed by atoms with Crippen molar-refractivity contribution in [3.8, 4) is 0 Å². The topological polar surface area (TPSA) is 52.7 Å². The zero-order valence-electron chi connectivity index (χ0n) is 18.9. The van der Waals surface area contributed by atoms with E-state index < -0.39 is 0 Å². The number of carbonyl (C=O) groups is 2. The number of amides is 2. The Morgan fingerprint density at radius 2 is 1.84 bits per heavy atom. The molecule has 1 unspecified atom stereocenters. The Kier molecular flexibility index (Phi) is 6.42. The monoisotopic (exact) mass is 435 g/mol. The lowest BCUT2D eigenvalue weighted by Gasteiger charge is -2.24. The highest BCUT2D eigenvalue weighted by Gasteiger charge is 2.36. The van der Waals surface area contributed by atoms with Gasteiger partial charge in [0.25, 0.3) is 5.91 Å². The molecule has 2 atom stereocenters. The smallest absolute Gasteiger partial charge is 0.258 e. The lowest BCUT2D eigenvalue weighted by molar-refractivity contribution is -0.119. The van der Waals surface area contributed by atoms with Crippen LogP contribution in [0.25, 0.3) is 0 Å². The molecule has 0 aromatic heterocycles. The summed E-state index contributed by atoms with van der Waals surface area (Å²) in [5.74, 6) is -0.00388. The van der Waals surface area contributed by atoms with E-state index in [9.17, 15) is 14.0 Å². The first-order chi connectivity index (χ1) is 15.3. The first kappa shape index (κ1) is 22.2. The van der Waals surface area contributed by atoms with Gasteiger partial charge in [0.1, 0.15) is 5.82 Å². The normalized spacial score (nSPS) is 18.9. The van der Waals surface area contributed by atoms with E-state index in [4.69, 9.17) is 0 Å². The highest BCUT2D eigenvalue weighted by Crippen LogP contribution is 2.32. The van der Waals surface area contributed by atoms with E-state index in [-0.39, 0.29) is 23.7 Å². The molecule has 2 aromatic carbocycles. The van der Waals surface area contributed by atoms with Gasteiger partial charge in [-0.15, -0.1) is 0 Å². The van der Waals surface area contributed by atoms with Gasteiger partial charge in [-0.05, 0) is 54.7 Å². The largest absolute Gasteiger partial charge is 0.349 e. The molecule has 32 heavy (non-hydrogen) atoms. The van der Waals surface area contributed by atoms with Gasteiger partial charge in [0.05, 0.1) is 6.04 Å².